The summed E-state index contributed by atoms with van der Waals surface area (Å²) in [5.41, 5.74) is 2.00. The molecule has 1 saturated heterocycles. The summed E-state index contributed by atoms with van der Waals surface area (Å²) < 4.78 is 32.2. The molecule has 6 nitrogen and oxygen atoms in total. The average molecular weight is 381 g/mol. The van der Waals surface area contributed by atoms with Crippen LogP contribution in [0.2, 0.25) is 0 Å². The summed E-state index contributed by atoms with van der Waals surface area (Å²) in [6.45, 7) is 3.75. The number of anilines is 1. The monoisotopic (exact) mass is 381 g/mol. The maximum absolute atomic E-state index is 13.7. The van der Waals surface area contributed by atoms with Gasteiger partial charge in [0.25, 0.3) is 0 Å². The van der Waals surface area contributed by atoms with Crippen LogP contribution in [-0.2, 0) is 6.54 Å². The molecule has 0 N–H and O–H groups in total. The van der Waals surface area contributed by atoms with Crippen molar-refractivity contribution >= 4 is 27.7 Å². The number of hydrogen-bond donors (Lipinski definition) is 0. The highest BCUT2D eigenvalue weighted by atomic mass is 19.1. The van der Waals surface area contributed by atoms with Crippen LogP contribution in [0.4, 0.5) is 14.6 Å². The van der Waals surface area contributed by atoms with Gasteiger partial charge >= 0.3 is 0 Å². The molecule has 0 spiro atoms. The first kappa shape index (κ1) is 17.0. The van der Waals surface area contributed by atoms with Gasteiger partial charge in [-0.2, -0.15) is 0 Å². The minimum atomic E-state index is -0.336. The Kier molecular flexibility index (Phi) is 4.12. The van der Waals surface area contributed by atoms with E-state index in [4.69, 9.17) is 4.52 Å². The van der Waals surface area contributed by atoms with E-state index >= 15 is 0 Å². The third-order valence-electron chi connectivity index (χ3n) is 5.13. The van der Waals surface area contributed by atoms with Crippen molar-refractivity contribution in [1.29, 1.82) is 0 Å². The van der Waals surface area contributed by atoms with Crippen molar-refractivity contribution in [3.63, 3.8) is 0 Å². The fourth-order valence-electron chi connectivity index (χ4n) is 3.67. The minimum Gasteiger partial charge on any atom is -0.356 e. The van der Waals surface area contributed by atoms with Gasteiger partial charge in [0.2, 0.25) is 0 Å². The SMILES string of the molecule is Fc1ccc2c(CN3CCN(c4ncnc5ccc(F)cc45)CC3)noc2c1. The maximum Gasteiger partial charge on any atom is 0.170 e. The predicted molar refractivity (Wildman–Crippen MR) is 101 cm³/mol. The van der Waals surface area contributed by atoms with Gasteiger partial charge in [-0.05, 0) is 30.3 Å². The van der Waals surface area contributed by atoms with Crippen molar-refractivity contribution in [1.82, 2.24) is 20.0 Å². The normalized spacial score (nSPS) is 15.6. The van der Waals surface area contributed by atoms with Crippen LogP contribution in [0.1, 0.15) is 5.69 Å². The van der Waals surface area contributed by atoms with E-state index in [9.17, 15) is 8.78 Å². The van der Waals surface area contributed by atoms with Crippen molar-refractivity contribution in [2.45, 2.75) is 6.54 Å². The largest absolute Gasteiger partial charge is 0.356 e. The van der Waals surface area contributed by atoms with Crippen molar-refractivity contribution in [3.8, 4) is 0 Å². The summed E-state index contributed by atoms with van der Waals surface area (Å²) in [6.07, 6.45) is 1.52. The highest BCUT2D eigenvalue weighted by molar-refractivity contribution is 5.89. The van der Waals surface area contributed by atoms with Crippen LogP contribution in [0, 0.1) is 11.6 Å². The number of nitrogens with zero attached hydrogens (tertiary/aromatic N) is 5. The molecule has 1 aliphatic rings. The molecule has 28 heavy (non-hydrogen) atoms. The van der Waals surface area contributed by atoms with Gasteiger partial charge < -0.3 is 9.42 Å². The summed E-state index contributed by atoms with van der Waals surface area (Å²) in [6, 6.07) is 9.03. The fraction of sp³-hybridized carbons (Fsp3) is 0.250. The number of fused-ring (bicyclic) bond motifs is 2. The van der Waals surface area contributed by atoms with Gasteiger partial charge in [0.15, 0.2) is 5.58 Å². The Morgan fingerprint density at radius 2 is 1.68 bits per heavy atom. The van der Waals surface area contributed by atoms with E-state index < -0.39 is 0 Å². The minimum absolute atomic E-state index is 0.295. The molecule has 1 aliphatic heterocycles. The molecule has 0 saturated carbocycles. The van der Waals surface area contributed by atoms with E-state index in [1.165, 1.54) is 30.6 Å². The first-order chi connectivity index (χ1) is 13.7. The number of halogens is 2. The lowest BCUT2D eigenvalue weighted by Gasteiger charge is -2.35. The van der Waals surface area contributed by atoms with Crippen LogP contribution in [0.5, 0.6) is 0 Å². The molecular weight excluding hydrogens is 364 g/mol. The third-order valence-corrected chi connectivity index (χ3v) is 5.13. The van der Waals surface area contributed by atoms with Crippen LogP contribution in [0.15, 0.2) is 47.2 Å². The van der Waals surface area contributed by atoms with E-state index in [2.05, 4.69) is 24.9 Å². The highest BCUT2D eigenvalue weighted by Gasteiger charge is 2.22. The molecule has 142 valence electrons. The Bertz CT molecular complexity index is 1150. The number of rotatable bonds is 3. The Balaban J connectivity index is 1.32. The Morgan fingerprint density at radius 3 is 2.54 bits per heavy atom. The van der Waals surface area contributed by atoms with E-state index in [0.717, 1.165) is 54.0 Å². The molecule has 0 radical (unpaired) electrons. The first-order valence-electron chi connectivity index (χ1n) is 9.09. The molecule has 0 aliphatic carbocycles. The molecule has 2 aromatic heterocycles. The quantitative estimate of drug-likeness (QED) is 0.542. The van der Waals surface area contributed by atoms with Crippen LogP contribution in [0.3, 0.4) is 0 Å². The van der Waals surface area contributed by atoms with Gasteiger partial charge in [0, 0.05) is 49.6 Å². The zero-order valence-electron chi connectivity index (χ0n) is 15.0. The first-order valence-corrected chi connectivity index (χ1v) is 9.09. The molecule has 0 atom stereocenters. The van der Waals surface area contributed by atoms with Gasteiger partial charge in [-0.1, -0.05) is 5.16 Å². The molecular formula is C20H17F2N5O. The predicted octanol–water partition coefficient (Wildman–Crippen LogP) is 3.37. The van der Waals surface area contributed by atoms with Crippen molar-refractivity contribution < 1.29 is 13.3 Å². The van der Waals surface area contributed by atoms with Gasteiger partial charge in [-0.25, -0.2) is 18.7 Å². The molecule has 8 heteroatoms. The van der Waals surface area contributed by atoms with E-state index in [-0.39, 0.29) is 11.6 Å². The molecule has 0 unspecified atom stereocenters. The lowest BCUT2D eigenvalue weighted by atomic mass is 10.2. The topological polar surface area (TPSA) is 58.3 Å². The standard InChI is InChI=1S/C20H17F2N5O/c21-13-2-4-17-16(9-13)20(24-12-23-17)27-7-5-26(6-8-27)11-18-15-3-1-14(22)10-19(15)28-25-18/h1-4,9-10,12H,5-8,11H2. The van der Waals surface area contributed by atoms with Gasteiger partial charge in [-0.15, -0.1) is 0 Å². The lowest BCUT2D eigenvalue weighted by molar-refractivity contribution is 0.243. The molecule has 1 fully saturated rings. The smallest absolute Gasteiger partial charge is 0.170 e. The van der Waals surface area contributed by atoms with Crippen LogP contribution >= 0.6 is 0 Å². The molecule has 5 rings (SSSR count). The summed E-state index contributed by atoms with van der Waals surface area (Å²) in [5.74, 6) is 0.125. The molecule has 4 aromatic rings. The number of benzene rings is 2. The summed E-state index contributed by atoms with van der Waals surface area (Å²) >= 11 is 0. The molecule has 3 heterocycles. The van der Waals surface area contributed by atoms with E-state index in [0.29, 0.717) is 12.1 Å². The van der Waals surface area contributed by atoms with Crippen molar-refractivity contribution in [3.05, 3.63) is 60.1 Å². The van der Waals surface area contributed by atoms with Crippen molar-refractivity contribution in [2.24, 2.45) is 0 Å². The lowest BCUT2D eigenvalue weighted by Crippen LogP contribution is -2.46. The van der Waals surface area contributed by atoms with E-state index in [1.807, 2.05) is 0 Å². The zero-order valence-corrected chi connectivity index (χ0v) is 15.0. The van der Waals surface area contributed by atoms with Crippen LogP contribution < -0.4 is 4.90 Å². The van der Waals surface area contributed by atoms with Crippen molar-refractivity contribution in [2.75, 3.05) is 31.1 Å². The number of piperazine rings is 1. The fourth-order valence-corrected chi connectivity index (χ4v) is 3.67. The molecule has 2 aromatic carbocycles. The number of aromatic nitrogens is 3. The summed E-state index contributed by atoms with van der Waals surface area (Å²) in [7, 11) is 0. The van der Waals surface area contributed by atoms with E-state index in [1.54, 1.807) is 12.1 Å². The maximum atomic E-state index is 13.7. The third kappa shape index (κ3) is 3.05. The average Bonchev–Trinajstić information content (AvgIpc) is 3.10. The second-order valence-corrected chi connectivity index (χ2v) is 6.89. The Morgan fingerprint density at radius 1 is 0.893 bits per heavy atom. The van der Waals surface area contributed by atoms with Crippen LogP contribution in [0.25, 0.3) is 21.9 Å². The van der Waals surface area contributed by atoms with Gasteiger partial charge in [0.05, 0.1) is 5.52 Å². The van der Waals surface area contributed by atoms with Gasteiger partial charge in [0.1, 0.15) is 29.5 Å². The molecule has 0 bridgehead atoms. The summed E-state index contributed by atoms with van der Waals surface area (Å²) in [4.78, 5) is 13.0. The summed E-state index contributed by atoms with van der Waals surface area (Å²) in [5, 5.41) is 5.66. The second kappa shape index (κ2) is 6.79. The highest BCUT2D eigenvalue weighted by Crippen LogP contribution is 2.26. The Labute approximate surface area is 159 Å². The number of hydrogen-bond acceptors (Lipinski definition) is 6. The Hall–Kier alpha value is -3.13. The second-order valence-electron chi connectivity index (χ2n) is 6.89. The molecule has 0 amide bonds. The van der Waals surface area contributed by atoms with Crippen LogP contribution in [-0.4, -0.2) is 46.2 Å². The zero-order chi connectivity index (χ0) is 19.1. The van der Waals surface area contributed by atoms with Gasteiger partial charge in [-0.3, -0.25) is 4.90 Å².